The highest BCUT2D eigenvalue weighted by Gasteiger charge is 2.33. The van der Waals surface area contributed by atoms with Crippen LogP contribution in [0.4, 0.5) is 13.2 Å². The van der Waals surface area contributed by atoms with Crippen LogP contribution in [-0.2, 0) is 12.6 Å². The maximum Gasteiger partial charge on any atom is 0.416 e. The Kier molecular flexibility index (Phi) is 3.95. The van der Waals surface area contributed by atoms with Crippen LogP contribution in [0.3, 0.4) is 0 Å². The van der Waals surface area contributed by atoms with Crippen LogP contribution in [0, 0.1) is 5.92 Å². The third kappa shape index (κ3) is 3.25. The summed E-state index contributed by atoms with van der Waals surface area (Å²) in [4.78, 5) is 2.20. The third-order valence-electron chi connectivity index (χ3n) is 3.55. The van der Waals surface area contributed by atoms with E-state index in [1.54, 1.807) is 12.1 Å². The molecule has 2 rings (SSSR count). The van der Waals surface area contributed by atoms with E-state index in [4.69, 9.17) is 0 Å². The SMILES string of the molecule is CN1CCCC(Cc2ccccc2C(F)(F)F)C1. The second-order valence-electron chi connectivity index (χ2n) is 5.13. The van der Waals surface area contributed by atoms with Crippen molar-refractivity contribution in [2.24, 2.45) is 5.92 Å². The van der Waals surface area contributed by atoms with Crippen molar-refractivity contribution < 1.29 is 13.2 Å². The summed E-state index contributed by atoms with van der Waals surface area (Å²) in [6, 6.07) is 5.94. The van der Waals surface area contributed by atoms with Gasteiger partial charge in [0.05, 0.1) is 5.56 Å². The zero-order valence-corrected chi connectivity index (χ0v) is 10.5. The Morgan fingerprint density at radius 3 is 2.67 bits per heavy atom. The van der Waals surface area contributed by atoms with Crippen molar-refractivity contribution in [2.75, 3.05) is 20.1 Å². The average molecular weight is 257 g/mol. The van der Waals surface area contributed by atoms with Gasteiger partial charge in [0.2, 0.25) is 0 Å². The fourth-order valence-electron chi connectivity index (χ4n) is 2.73. The molecule has 0 N–H and O–H groups in total. The molecule has 18 heavy (non-hydrogen) atoms. The van der Waals surface area contributed by atoms with Gasteiger partial charge in [-0.1, -0.05) is 18.2 Å². The van der Waals surface area contributed by atoms with Crippen molar-refractivity contribution in [3.05, 3.63) is 35.4 Å². The van der Waals surface area contributed by atoms with E-state index in [1.165, 1.54) is 12.1 Å². The fourth-order valence-corrected chi connectivity index (χ4v) is 2.73. The van der Waals surface area contributed by atoms with E-state index in [0.29, 0.717) is 17.9 Å². The molecule has 1 fully saturated rings. The third-order valence-corrected chi connectivity index (χ3v) is 3.55. The highest BCUT2D eigenvalue weighted by molar-refractivity contribution is 5.30. The van der Waals surface area contributed by atoms with Gasteiger partial charge in [-0.25, -0.2) is 0 Å². The number of benzene rings is 1. The Bertz CT molecular complexity index is 400. The minimum Gasteiger partial charge on any atom is -0.306 e. The average Bonchev–Trinajstić information content (AvgIpc) is 2.28. The van der Waals surface area contributed by atoms with E-state index in [1.807, 2.05) is 7.05 Å². The molecular weight excluding hydrogens is 239 g/mol. The molecule has 0 spiro atoms. The number of hydrogen-bond donors (Lipinski definition) is 0. The summed E-state index contributed by atoms with van der Waals surface area (Å²) in [7, 11) is 2.03. The predicted octanol–water partition coefficient (Wildman–Crippen LogP) is 3.59. The molecule has 1 aliphatic heterocycles. The largest absolute Gasteiger partial charge is 0.416 e. The first-order valence-corrected chi connectivity index (χ1v) is 6.30. The maximum atomic E-state index is 12.9. The molecule has 4 heteroatoms. The van der Waals surface area contributed by atoms with Crippen LogP contribution >= 0.6 is 0 Å². The molecule has 1 nitrogen and oxygen atoms in total. The minimum absolute atomic E-state index is 0.340. The second-order valence-corrected chi connectivity index (χ2v) is 5.13. The van der Waals surface area contributed by atoms with Crippen molar-refractivity contribution in [3.8, 4) is 0 Å². The van der Waals surface area contributed by atoms with Gasteiger partial charge in [-0.15, -0.1) is 0 Å². The van der Waals surface area contributed by atoms with E-state index < -0.39 is 11.7 Å². The van der Waals surface area contributed by atoms with E-state index in [0.717, 1.165) is 25.9 Å². The van der Waals surface area contributed by atoms with Crippen LogP contribution in [0.5, 0.6) is 0 Å². The molecule has 0 saturated carbocycles. The van der Waals surface area contributed by atoms with E-state index in [2.05, 4.69) is 4.90 Å². The minimum atomic E-state index is -4.24. The first-order valence-electron chi connectivity index (χ1n) is 6.30. The Labute approximate surface area is 106 Å². The quantitative estimate of drug-likeness (QED) is 0.782. The van der Waals surface area contributed by atoms with Gasteiger partial charge >= 0.3 is 6.18 Å². The van der Waals surface area contributed by atoms with Crippen molar-refractivity contribution in [3.63, 3.8) is 0 Å². The van der Waals surface area contributed by atoms with E-state index in [9.17, 15) is 13.2 Å². The molecule has 1 heterocycles. The van der Waals surface area contributed by atoms with Gasteiger partial charge in [-0.3, -0.25) is 0 Å². The van der Waals surface area contributed by atoms with Crippen molar-refractivity contribution in [1.82, 2.24) is 4.90 Å². The molecular formula is C14H18F3N. The molecule has 0 amide bonds. The normalized spacial score (nSPS) is 22.1. The smallest absolute Gasteiger partial charge is 0.306 e. The van der Waals surface area contributed by atoms with Gasteiger partial charge in [0.15, 0.2) is 0 Å². The molecule has 1 atom stereocenters. The number of hydrogen-bond acceptors (Lipinski definition) is 1. The van der Waals surface area contributed by atoms with Crippen molar-refractivity contribution >= 4 is 0 Å². The lowest BCUT2D eigenvalue weighted by molar-refractivity contribution is -0.138. The highest BCUT2D eigenvalue weighted by Crippen LogP contribution is 2.33. The molecule has 1 unspecified atom stereocenters. The highest BCUT2D eigenvalue weighted by atomic mass is 19.4. The summed E-state index contributed by atoms with van der Waals surface area (Å²) < 4.78 is 38.6. The van der Waals surface area contributed by atoms with Gasteiger partial charge in [0.1, 0.15) is 0 Å². The van der Waals surface area contributed by atoms with Gasteiger partial charge in [-0.05, 0) is 50.4 Å². The van der Waals surface area contributed by atoms with Gasteiger partial charge in [0.25, 0.3) is 0 Å². The van der Waals surface area contributed by atoms with Crippen LogP contribution in [0.2, 0.25) is 0 Å². The van der Waals surface area contributed by atoms with E-state index in [-0.39, 0.29) is 0 Å². The summed E-state index contributed by atoms with van der Waals surface area (Å²) in [6.07, 6.45) is -1.61. The molecule has 0 aliphatic carbocycles. The predicted molar refractivity (Wildman–Crippen MR) is 65.4 cm³/mol. The van der Waals surface area contributed by atoms with Crippen molar-refractivity contribution in [1.29, 1.82) is 0 Å². The maximum absolute atomic E-state index is 12.9. The van der Waals surface area contributed by atoms with E-state index >= 15 is 0 Å². The first kappa shape index (κ1) is 13.4. The number of rotatable bonds is 2. The zero-order chi connectivity index (χ0) is 13.2. The molecule has 1 aromatic rings. The molecule has 1 aromatic carbocycles. The summed E-state index contributed by atoms with van der Waals surface area (Å²) in [5.41, 5.74) is -0.0384. The lowest BCUT2D eigenvalue weighted by Crippen LogP contribution is -2.33. The molecule has 1 saturated heterocycles. The Hall–Kier alpha value is -1.03. The van der Waals surface area contributed by atoms with Crippen LogP contribution in [0.1, 0.15) is 24.0 Å². The lowest BCUT2D eigenvalue weighted by atomic mass is 9.89. The topological polar surface area (TPSA) is 3.24 Å². The second kappa shape index (κ2) is 5.31. The van der Waals surface area contributed by atoms with Crippen molar-refractivity contribution in [2.45, 2.75) is 25.4 Å². The number of likely N-dealkylation sites (tertiary alicyclic amines) is 1. The Morgan fingerprint density at radius 1 is 1.28 bits per heavy atom. The Morgan fingerprint density at radius 2 is 2.00 bits per heavy atom. The standard InChI is InChI=1S/C14H18F3N/c1-18-8-4-5-11(10-18)9-12-6-2-3-7-13(12)14(15,16)17/h2-3,6-7,11H,4-5,8-10H2,1H3. The molecule has 0 aromatic heterocycles. The molecule has 100 valence electrons. The van der Waals surface area contributed by atoms with Crippen LogP contribution < -0.4 is 0 Å². The van der Waals surface area contributed by atoms with Gasteiger partial charge in [0, 0.05) is 6.54 Å². The Balaban J connectivity index is 2.13. The van der Waals surface area contributed by atoms with Crippen LogP contribution in [-0.4, -0.2) is 25.0 Å². The van der Waals surface area contributed by atoms with Gasteiger partial charge < -0.3 is 4.90 Å². The fraction of sp³-hybridized carbons (Fsp3) is 0.571. The summed E-state index contributed by atoms with van der Waals surface area (Å²) in [6.45, 7) is 1.95. The monoisotopic (exact) mass is 257 g/mol. The summed E-state index contributed by atoms with van der Waals surface area (Å²) in [5.74, 6) is 0.340. The number of alkyl halides is 3. The van der Waals surface area contributed by atoms with Gasteiger partial charge in [-0.2, -0.15) is 13.2 Å². The number of piperidine rings is 1. The zero-order valence-electron chi connectivity index (χ0n) is 10.5. The first-order chi connectivity index (χ1) is 8.47. The molecule has 0 bridgehead atoms. The molecule has 1 aliphatic rings. The summed E-state index contributed by atoms with van der Waals surface area (Å²) in [5, 5.41) is 0. The molecule has 0 radical (unpaired) electrons. The summed E-state index contributed by atoms with van der Waals surface area (Å²) >= 11 is 0. The van der Waals surface area contributed by atoms with Crippen LogP contribution in [0.25, 0.3) is 0 Å². The number of halogens is 3. The van der Waals surface area contributed by atoms with Crippen LogP contribution in [0.15, 0.2) is 24.3 Å². The number of nitrogens with zero attached hydrogens (tertiary/aromatic N) is 1. The lowest BCUT2D eigenvalue weighted by Gasteiger charge is -2.30.